The number of hydrogen-bond donors (Lipinski definition) is 1. The van der Waals surface area contributed by atoms with Crippen molar-refractivity contribution >= 4 is 10.0 Å². The molecular formula is C16H15N5O4S. The minimum Gasteiger partial charge on any atom is -0.486 e. The van der Waals surface area contributed by atoms with Crippen LogP contribution in [0.4, 0.5) is 0 Å². The first-order valence-electron chi connectivity index (χ1n) is 7.83. The summed E-state index contributed by atoms with van der Waals surface area (Å²) in [5, 5.41) is 10.9. The van der Waals surface area contributed by atoms with E-state index in [1.165, 1.54) is 23.1 Å². The van der Waals surface area contributed by atoms with Crippen molar-refractivity contribution in [3.05, 3.63) is 54.4 Å². The van der Waals surface area contributed by atoms with Gasteiger partial charge < -0.3 is 9.47 Å². The summed E-state index contributed by atoms with van der Waals surface area (Å²) in [4.78, 5) is 0.128. The van der Waals surface area contributed by atoms with Gasteiger partial charge in [0, 0.05) is 6.54 Å². The van der Waals surface area contributed by atoms with E-state index in [-0.39, 0.29) is 11.4 Å². The Labute approximate surface area is 149 Å². The van der Waals surface area contributed by atoms with Crippen molar-refractivity contribution in [2.45, 2.75) is 11.4 Å². The molecular weight excluding hydrogens is 358 g/mol. The van der Waals surface area contributed by atoms with E-state index >= 15 is 0 Å². The number of sulfonamides is 1. The van der Waals surface area contributed by atoms with Gasteiger partial charge in [0.2, 0.25) is 10.0 Å². The van der Waals surface area contributed by atoms with E-state index in [1.807, 2.05) is 0 Å². The predicted octanol–water partition coefficient (Wildman–Crippen LogP) is 0.912. The third-order valence-electron chi connectivity index (χ3n) is 3.81. The number of hydrogen-bond acceptors (Lipinski definition) is 7. The molecule has 1 N–H and O–H groups in total. The number of benzene rings is 2. The lowest BCUT2D eigenvalue weighted by atomic mass is 10.2. The zero-order chi connectivity index (χ0) is 18.0. The quantitative estimate of drug-likeness (QED) is 0.708. The highest BCUT2D eigenvalue weighted by Crippen LogP contribution is 2.30. The number of nitrogens with zero attached hydrogens (tertiary/aromatic N) is 4. The highest BCUT2D eigenvalue weighted by molar-refractivity contribution is 7.89. The fourth-order valence-corrected chi connectivity index (χ4v) is 3.59. The van der Waals surface area contributed by atoms with Gasteiger partial charge in [-0.3, -0.25) is 0 Å². The van der Waals surface area contributed by atoms with Crippen LogP contribution in [-0.4, -0.2) is 41.8 Å². The van der Waals surface area contributed by atoms with Gasteiger partial charge in [-0.05, 0) is 46.3 Å². The normalized spacial score (nSPS) is 13.5. The zero-order valence-corrected chi connectivity index (χ0v) is 14.4. The monoisotopic (exact) mass is 373 g/mol. The van der Waals surface area contributed by atoms with Gasteiger partial charge in [0.25, 0.3) is 0 Å². The van der Waals surface area contributed by atoms with E-state index < -0.39 is 10.0 Å². The molecule has 1 aliphatic rings. The Kier molecular flexibility index (Phi) is 4.27. The largest absolute Gasteiger partial charge is 0.486 e. The standard InChI is InChI=1S/C16H15N5O4S/c22-26(23,14-3-1-2-13(9-14)21-11-17-19-20-21)18-10-12-4-5-15-16(8-12)25-7-6-24-15/h1-5,8-9,11,18H,6-7,10H2. The van der Waals surface area contributed by atoms with E-state index in [9.17, 15) is 8.42 Å². The Morgan fingerprint density at radius 3 is 2.73 bits per heavy atom. The summed E-state index contributed by atoms with van der Waals surface area (Å²) in [6, 6.07) is 11.7. The van der Waals surface area contributed by atoms with Gasteiger partial charge in [0.05, 0.1) is 10.6 Å². The van der Waals surface area contributed by atoms with Gasteiger partial charge in [-0.1, -0.05) is 12.1 Å². The molecule has 0 bridgehead atoms. The van der Waals surface area contributed by atoms with Crippen molar-refractivity contribution in [3.8, 4) is 17.2 Å². The van der Waals surface area contributed by atoms with E-state index in [0.717, 1.165) is 5.56 Å². The topological polar surface area (TPSA) is 108 Å². The predicted molar refractivity (Wildman–Crippen MR) is 90.6 cm³/mol. The third-order valence-corrected chi connectivity index (χ3v) is 5.21. The molecule has 1 aromatic heterocycles. The number of rotatable bonds is 5. The number of ether oxygens (including phenoxy) is 2. The van der Waals surface area contributed by atoms with Crippen molar-refractivity contribution in [1.29, 1.82) is 0 Å². The molecule has 0 saturated carbocycles. The summed E-state index contributed by atoms with van der Waals surface area (Å²) in [7, 11) is -3.70. The van der Waals surface area contributed by atoms with Crippen LogP contribution in [0.5, 0.6) is 11.5 Å². The van der Waals surface area contributed by atoms with Crippen LogP contribution in [0.25, 0.3) is 5.69 Å². The maximum absolute atomic E-state index is 12.6. The molecule has 26 heavy (non-hydrogen) atoms. The van der Waals surface area contributed by atoms with E-state index in [2.05, 4.69) is 20.2 Å². The second-order valence-electron chi connectivity index (χ2n) is 5.55. The highest BCUT2D eigenvalue weighted by atomic mass is 32.2. The van der Waals surface area contributed by atoms with Crippen molar-refractivity contribution < 1.29 is 17.9 Å². The second-order valence-corrected chi connectivity index (χ2v) is 7.32. The van der Waals surface area contributed by atoms with Crippen LogP contribution in [0.3, 0.4) is 0 Å². The molecule has 2 aromatic carbocycles. The van der Waals surface area contributed by atoms with Gasteiger partial charge in [0.1, 0.15) is 19.5 Å². The van der Waals surface area contributed by atoms with E-state index in [1.54, 1.807) is 30.3 Å². The molecule has 134 valence electrons. The van der Waals surface area contributed by atoms with Crippen LogP contribution in [0.2, 0.25) is 0 Å². The average Bonchev–Trinajstić information content (AvgIpc) is 3.21. The van der Waals surface area contributed by atoms with Crippen molar-refractivity contribution in [2.75, 3.05) is 13.2 Å². The molecule has 0 radical (unpaired) electrons. The van der Waals surface area contributed by atoms with E-state index in [4.69, 9.17) is 9.47 Å². The first kappa shape index (κ1) is 16.5. The minimum atomic E-state index is -3.70. The van der Waals surface area contributed by atoms with E-state index in [0.29, 0.717) is 30.4 Å². The molecule has 2 heterocycles. The summed E-state index contributed by atoms with van der Waals surface area (Å²) >= 11 is 0. The summed E-state index contributed by atoms with van der Waals surface area (Å²) in [6.07, 6.45) is 1.40. The summed E-state index contributed by atoms with van der Waals surface area (Å²) < 4.78 is 40.1. The van der Waals surface area contributed by atoms with Crippen molar-refractivity contribution in [2.24, 2.45) is 0 Å². The number of nitrogens with one attached hydrogen (secondary N) is 1. The molecule has 0 amide bonds. The maximum atomic E-state index is 12.6. The zero-order valence-electron chi connectivity index (χ0n) is 13.6. The van der Waals surface area contributed by atoms with Crippen molar-refractivity contribution in [1.82, 2.24) is 24.9 Å². The Morgan fingerprint density at radius 2 is 1.92 bits per heavy atom. The Bertz CT molecular complexity index is 1020. The van der Waals surface area contributed by atoms with Gasteiger partial charge >= 0.3 is 0 Å². The molecule has 9 nitrogen and oxygen atoms in total. The molecule has 1 aliphatic heterocycles. The lowest BCUT2D eigenvalue weighted by Gasteiger charge is -2.19. The molecule has 0 spiro atoms. The second kappa shape index (κ2) is 6.73. The fraction of sp³-hybridized carbons (Fsp3) is 0.188. The van der Waals surface area contributed by atoms with Gasteiger partial charge in [0.15, 0.2) is 11.5 Å². The van der Waals surface area contributed by atoms with Crippen LogP contribution in [0, 0.1) is 0 Å². The molecule has 3 aromatic rings. The third kappa shape index (κ3) is 3.37. The van der Waals surface area contributed by atoms with Crippen LogP contribution >= 0.6 is 0 Å². The molecule has 4 rings (SSSR count). The molecule has 0 saturated heterocycles. The SMILES string of the molecule is O=S(=O)(NCc1ccc2c(c1)OCCO2)c1cccc(-n2cnnn2)c1. The summed E-state index contributed by atoms with van der Waals surface area (Å²) in [5.74, 6) is 1.28. The number of fused-ring (bicyclic) bond motifs is 1. The van der Waals surface area contributed by atoms with Crippen LogP contribution < -0.4 is 14.2 Å². The number of tetrazole rings is 1. The Morgan fingerprint density at radius 1 is 1.08 bits per heavy atom. The number of aromatic nitrogens is 4. The lowest BCUT2D eigenvalue weighted by Crippen LogP contribution is -2.23. The van der Waals surface area contributed by atoms with Crippen molar-refractivity contribution in [3.63, 3.8) is 0 Å². The van der Waals surface area contributed by atoms with Gasteiger partial charge in [-0.25, -0.2) is 17.8 Å². The van der Waals surface area contributed by atoms with Gasteiger partial charge in [-0.2, -0.15) is 0 Å². The van der Waals surface area contributed by atoms with Crippen LogP contribution in [-0.2, 0) is 16.6 Å². The van der Waals surface area contributed by atoms with Gasteiger partial charge in [-0.15, -0.1) is 5.10 Å². The summed E-state index contributed by atoms with van der Waals surface area (Å²) in [6.45, 7) is 1.12. The Balaban J connectivity index is 1.52. The molecule has 0 atom stereocenters. The average molecular weight is 373 g/mol. The molecule has 10 heteroatoms. The molecule has 0 fully saturated rings. The maximum Gasteiger partial charge on any atom is 0.240 e. The Hall–Kier alpha value is -2.98. The van der Waals surface area contributed by atoms with Crippen LogP contribution in [0.1, 0.15) is 5.56 Å². The fourth-order valence-electron chi connectivity index (χ4n) is 2.53. The molecule has 0 aliphatic carbocycles. The first-order valence-corrected chi connectivity index (χ1v) is 9.32. The highest BCUT2D eigenvalue weighted by Gasteiger charge is 2.16. The smallest absolute Gasteiger partial charge is 0.240 e. The first-order chi connectivity index (χ1) is 12.6. The van der Waals surface area contributed by atoms with Crippen LogP contribution in [0.15, 0.2) is 53.7 Å². The summed E-state index contributed by atoms with van der Waals surface area (Å²) in [5.41, 5.74) is 1.33. The lowest BCUT2D eigenvalue weighted by molar-refractivity contribution is 0.171. The minimum absolute atomic E-state index is 0.128. The molecule has 0 unspecified atom stereocenters.